The molecule has 1 aromatic carbocycles. The molecule has 2 aliphatic carbocycles. The fraction of sp³-hybridized carbons (Fsp3) is 0.579. The van der Waals surface area contributed by atoms with Crippen molar-refractivity contribution in [2.45, 2.75) is 65.3 Å². The Morgan fingerprint density at radius 3 is 2.09 bits per heavy atom. The average molecular weight is 314 g/mol. The molecule has 0 aromatic heterocycles. The fourth-order valence-electron chi connectivity index (χ4n) is 3.69. The number of amides is 2. The number of benzene rings is 1. The van der Waals surface area contributed by atoms with Crippen LogP contribution in [-0.4, -0.2) is 17.9 Å². The Labute approximate surface area is 138 Å². The van der Waals surface area contributed by atoms with Crippen LogP contribution in [0.1, 0.15) is 55.2 Å². The lowest BCUT2D eigenvalue weighted by Gasteiger charge is -2.20. The van der Waals surface area contributed by atoms with Crippen molar-refractivity contribution in [3.8, 4) is 0 Å². The topological polar surface area (TPSA) is 58.2 Å². The molecule has 2 fully saturated rings. The van der Waals surface area contributed by atoms with Crippen LogP contribution in [0.25, 0.3) is 0 Å². The Kier molecular flexibility index (Phi) is 4.17. The van der Waals surface area contributed by atoms with Gasteiger partial charge in [-0.1, -0.05) is 30.5 Å². The predicted octanol–water partition coefficient (Wildman–Crippen LogP) is 3.39. The summed E-state index contributed by atoms with van der Waals surface area (Å²) in [7, 11) is 0. The molecule has 2 saturated carbocycles. The van der Waals surface area contributed by atoms with E-state index in [0.29, 0.717) is 12.8 Å². The van der Waals surface area contributed by atoms with Crippen molar-refractivity contribution < 1.29 is 9.59 Å². The van der Waals surface area contributed by atoms with Crippen LogP contribution in [0.3, 0.4) is 0 Å². The van der Waals surface area contributed by atoms with Crippen LogP contribution in [0.15, 0.2) is 12.1 Å². The summed E-state index contributed by atoms with van der Waals surface area (Å²) in [6.45, 7) is 6.03. The minimum Gasteiger partial charge on any atom is -0.352 e. The second-order valence-corrected chi connectivity index (χ2v) is 7.26. The molecule has 4 nitrogen and oxygen atoms in total. The molecule has 0 bridgehead atoms. The zero-order valence-electron chi connectivity index (χ0n) is 14.3. The summed E-state index contributed by atoms with van der Waals surface area (Å²) in [6, 6.07) is 4.37. The van der Waals surface area contributed by atoms with Crippen molar-refractivity contribution in [1.82, 2.24) is 5.32 Å². The third-order valence-electron chi connectivity index (χ3n) is 5.23. The number of aryl methyl sites for hydroxylation is 3. The van der Waals surface area contributed by atoms with Gasteiger partial charge >= 0.3 is 0 Å². The molecule has 0 spiro atoms. The lowest BCUT2D eigenvalue weighted by molar-refractivity contribution is -0.134. The predicted molar refractivity (Wildman–Crippen MR) is 91.3 cm³/mol. The monoisotopic (exact) mass is 314 g/mol. The van der Waals surface area contributed by atoms with E-state index in [2.05, 4.69) is 22.8 Å². The van der Waals surface area contributed by atoms with E-state index >= 15 is 0 Å². The molecule has 2 aliphatic rings. The molecule has 1 aromatic rings. The fourth-order valence-corrected chi connectivity index (χ4v) is 3.69. The SMILES string of the molecule is Cc1cc(C)c(NC(=O)C2(C(=O)NC3CCCC3)CC2)c(C)c1. The molecule has 0 aliphatic heterocycles. The lowest BCUT2D eigenvalue weighted by atomic mass is 10.0. The third kappa shape index (κ3) is 3.12. The quantitative estimate of drug-likeness (QED) is 0.837. The first-order valence-electron chi connectivity index (χ1n) is 8.63. The van der Waals surface area contributed by atoms with Crippen molar-refractivity contribution in [3.63, 3.8) is 0 Å². The van der Waals surface area contributed by atoms with E-state index in [0.717, 1.165) is 29.7 Å². The van der Waals surface area contributed by atoms with Gasteiger partial charge in [0.2, 0.25) is 11.8 Å². The van der Waals surface area contributed by atoms with Crippen LogP contribution < -0.4 is 10.6 Å². The van der Waals surface area contributed by atoms with Gasteiger partial charge in [0, 0.05) is 11.7 Å². The average Bonchev–Trinajstić information content (AvgIpc) is 3.15. The maximum atomic E-state index is 12.7. The van der Waals surface area contributed by atoms with E-state index in [1.165, 1.54) is 18.4 Å². The molecule has 0 atom stereocenters. The van der Waals surface area contributed by atoms with Crippen molar-refractivity contribution in [2.24, 2.45) is 5.41 Å². The van der Waals surface area contributed by atoms with Gasteiger partial charge in [-0.2, -0.15) is 0 Å². The summed E-state index contributed by atoms with van der Waals surface area (Å²) in [5, 5.41) is 6.10. The lowest BCUT2D eigenvalue weighted by Crippen LogP contribution is -2.43. The Balaban J connectivity index is 1.71. The first-order chi connectivity index (χ1) is 10.9. The molecule has 2 amide bonds. The number of hydrogen-bond donors (Lipinski definition) is 2. The second-order valence-electron chi connectivity index (χ2n) is 7.26. The smallest absolute Gasteiger partial charge is 0.240 e. The van der Waals surface area contributed by atoms with Gasteiger partial charge in [0.15, 0.2) is 0 Å². The molecule has 2 N–H and O–H groups in total. The molecule has 0 saturated heterocycles. The number of rotatable bonds is 4. The van der Waals surface area contributed by atoms with Crippen molar-refractivity contribution in [2.75, 3.05) is 5.32 Å². The summed E-state index contributed by atoms with van der Waals surface area (Å²) in [5.74, 6) is -0.229. The van der Waals surface area contributed by atoms with Gasteiger partial charge in [-0.3, -0.25) is 9.59 Å². The molecule has 3 rings (SSSR count). The van der Waals surface area contributed by atoms with Gasteiger partial charge in [0.05, 0.1) is 0 Å². The van der Waals surface area contributed by atoms with Crippen LogP contribution in [0, 0.1) is 26.2 Å². The maximum Gasteiger partial charge on any atom is 0.240 e. The Morgan fingerprint density at radius 2 is 1.57 bits per heavy atom. The van der Waals surface area contributed by atoms with Crippen LogP contribution in [0.4, 0.5) is 5.69 Å². The summed E-state index contributed by atoms with van der Waals surface area (Å²) in [5.41, 5.74) is 3.27. The van der Waals surface area contributed by atoms with Crippen molar-refractivity contribution in [1.29, 1.82) is 0 Å². The first kappa shape index (κ1) is 16.0. The molecular formula is C19H26N2O2. The molecule has 4 heteroatoms. The number of carbonyl (C=O) groups is 2. The van der Waals surface area contributed by atoms with E-state index in [9.17, 15) is 9.59 Å². The van der Waals surface area contributed by atoms with Crippen molar-refractivity contribution in [3.05, 3.63) is 28.8 Å². The van der Waals surface area contributed by atoms with Crippen LogP contribution in [-0.2, 0) is 9.59 Å². The number of hydrogen-bond acceptors (Lipinski definition) is 2. The van der Waals surface area contributed by atoms with Crippen LogP contribution >= 0.6 is 0 Å². The summed E-state index contributed by atoms with van der Waals surface area (Å²) < 4.78 is 0. The highest BCUT2D eigenvalue weighted by atomic mass is 16.2. The van der Waals surface area contributed by atoms with Gasteiger partial charge in [0.1, 0.15) is 5.41 Å². The number of nitrogens with one attached hydrogen (secondary N) is 2. The van der Waals surface area contributed by atoms with Crippen molar-refractivity contribution >= 4 is 17.5 Å². The van der Waals surface area contributed by atoms with Gasteiger partial charge in [-0.25, -0.2) is 0 Å². The molecule has 0 heterocycles. The zero-order valence-corrected chi connectivity index (χ0v) is 14.3. The minimum atomic E-state index is -0.841. The van der Waals surface area contributed by atoms with E-state index in [1.54, 1.807) is 0 Å². The van der Waals surface area contributed by atoms with E-state index in [4.69, 9.17) is 0 Å². The first-order valence-corrected chi connectivity index (χ1v) is 8.63. The zero-order chi connectivity index (χ0) is 16.6. The summed E-state index contributed by atoms with van der Waals surface area (Å²) >= 11 is 0. The van der Waals surface area contributed by atoms with Crippen LogP contribution in [0.5, 0.6) is 0 Å². The summed E-state index contributed by atoms with van der Waals surface area (Å²) in [6.07, 6.45) is 5.74. The van der Waals surface area contributed by atoms with E-state index < -0.39 is 5.41 Å². The Morgan fingerprint density at radius 1 is 1.00 bits per heavy atom. The molecule has 0 unspecified atom stereocenters. The normalized spacial score (nSPS) is 19.4. The highest BCUT2D eigenvalue weighted by Crippen LogP contribution is 2.47. The molecule has 23 heavy (non-hydrogen) atoms. The highest BCUT2D eigenvalue weighted by Gasteiger charge is 2.57. The maximum absolute atomic E-state index is 12.7. The second kappa shape index (κ2) is 5.99. The molecule has 124 valence electrons. The standard InChI is InChI=1S/C19H26N2O2/c1-12-10-13(2)16(14(3)11-12)21-18(23)19(8-9-19)17(22)20-15-6-4-5-7-15/h10-11,15H,4-9H2,1-3H3,(H,20,22)(H,21,23). The largest absolute Gasteiger partial charge is 0.352 e. The van der Waals surface area contributed by atoms with Gasteiger partial charge in [0.25, 0.3) is 0 Å². The van der Waals surface area contributed by atoms with Gasteiger partial charge in [-0.15, -0.1) is 0 Å². The van der Waals surface area contributed by atoms with E-state index in [1.807, 2.05) is 20.8 Å². The van der Waals surface area contributed by atoms with Gasteiger partial charge < -0.3 is 10.6 Å². The number of carbonyl (C=O) groups excluding carboxylic acids is 2. The molecular weight excluding hydrogens is 288 g/mol. The minimum absolute atomic E-state index is 0.0793. The third-order valence-corrected chi connectivity index (χ3v) is 5.23. The Hall–Kier alpha value is -1.84. The number of anilines is 1. The summed E-state index contributed by atoms with van der Waals surface area (Å²) in [4.78, 5) is 25.3. The van der Waals surface area contributed by atoms with Gasteiger partial charge in [-0.05, 0) is 57.6 Å². The Bertz CT molecular complexity index is 618. The van der Waals surface area contributed by atoms with Crippen LogP contribution in [0.2, 0.25) is 0 Å². The van der Waals surface area contributed by atoms with E-state index in [-0.39, 0.29) is 17.9 Å². The highest BCUT2D eigenvalue weighted by molar-refractivity contribution is 6.13. The molecule has 0 radical (unpaired) electrons.